The molecule has 6 heteroatoms. The summed E-state index contributed by atoms with van der Waals surface area (Å²) in [6.45, 7) is 3.43. The molecule has 0 unspecified atom stereocenters. The van der Waals surface area contributed by atoms with Crippen LogP contribution in [0.2, 0.25) is 0 Å². The number of likely N-dealkylation sites (tertiary alicyclic amines) is 1. The molecule has 110 valence electrons. The fourth-order valence-corrected chi connectivity index (χ4v) is 2.63. The van der Waals surface area contributed by atoms with E-state index in [1.807, 2.05) is 31.2 Å². The van der Waals surface area contributed by atoms with E-state index in [-0.39, 0.29) is 12.5 Å². The molecule has 21 heavy (non-hydrogen) atoms. The summed E-state index contributed by atoms with van der Waals surface area (Å²) >= 11 is 0. The normalized spacial score (nSPS) is 14.6. The molecule has 0 saturated carbocycles. The molecule has 1 aromatic carbocycles. The Kier molecular flexibility index (Phi) is 3.60. The number of hydrogen-bond acceptors (Lipinski definition) is 4. The molecule has 2 heterocycles. The first-order valence-corrected chi connectivity index (χ1v) is 7.07. The molecule has 1 fully saturated rings. The minimum atomic E-state index is -0.596. The van der Waals surface area contributed by atoms with Gasteiger partial charge in [-0.25, -0.2) is 9.36 Å². The molecule has 3 rings (SSSR count). The van der Waals surface area contributed by atoms with E-state index in [4.69, 9.17) is 4.52 Å². The molecule has 1 aliphatic heterocycles. The van der Waals surface area contributed by atoms with Crippen molar-refractivity contribution < 1.29 is 9.32 Å². The molecule has 1 aromatic heterocycles. The standard InChI is InChI=1S/C15H17N3O3/c1-11-6-2-3-7-12(11)14-16-21-15(20)18(14)10-13(19)17-8-4-5-9-17/h2-3,6-7H,4-5,8-10H2,1H3. The average Bonchev–Trinajstić information content (AvgIpc) is 3.11. The van der Waals surface area contributed by atoms with Gasteiger partial charge < -0.3 is 4.90 Å². The fourth-order valence-electron chi connectivity index (χ4n) is 2.63. The van der Waals surface area contributed by atoms with Gasteiger partial charge in [0.2, 0.25) is 5.91 Å². The highest BCUT2D eigenvalue weighted by atomic mass is 16.5. The number of rotatable bonds is 3. The number of amides is 1. The molecule has 1 aliphatic rings. The third kappa shape index (κ3) is 2.61. The molecule has 0 aliphatic carbocycles. The first kappa shape index (κ1) is 13.6. The van der Waals surface area contributed by atoms with E-state index in [9.17, 15) is 9.59 Å². The lowest BCUT2D eigenvalue weighted by atomic mass is 10.1. The first-order chi connectivity index (χ1) is 10.2. The van der Waals surface area contributed by atoms with Crippen molar-refractivity contribution in [2.45, 2.75) is 26.3 Å². The zero-order valence-electron chi connectivity index (χ0n) is 11.9. The van der Waals surface area contributed by atoms with E-state index in [2.05, 4.69) is 5.16 Å². The summed E-state index contributed by atoms with van der Waals surface area (Å²) in [6, 6.07) is 7.58. The van der Waals surface area contributed by atoms with Gasteiger partial charge in [0.05, 0.1) is 0 Å². The average molecular weight is 287 g/mol. The van der Waals surface area contributed by atoms with Crippen LogP contribution in [0.15, 0.2) is 33.6 Å². The number of carbonyl (C=O) groups is 1. The lowest BCUT2D eigenvalue weighted by molar-refractivity contribution is -0.130. The van der Waals surface area contributed by atoms with Gasteiger partial charge in [0.25, 0.3) is 0 Å². The molecule has 2 aromatic rings. The molecule has 1 amide bonds. The van der Waals surface area contributed by atoms with Crippen LogP contribution in [-0.2, 0) is 11.3 Å². The number of benzene rings is 1. The monoisotopic (exact) mass is 287 g/mol. The maximum Gasteiger partial charge on any atom is 0.442 e. The van der Waals surface area contributed by atoms with Crippen molar-refractivity contribution in [3.8, 4) is 11.4 Å². The molecule has 0 N–H and O–H groups in total. The molecule has 0 radical (unpaired) electrons. The molecule has 6 nitrogen and oxygen atoms in total. The van der Waals surface area contributed by atoms with E-state index in [1.165, 1.54) is 4.57 Å². The van der Waals surface area contributed by atoms with Crippen LogP contribution in [0, 0.1) is 6.92 Å². The Morgan fingerprint density at radius 2 is 2.00 bits per heavy atom. The van der Waals surface area contributed by atoms with Crippen LogP contribution in [0.1, 0.15) is 18.4 Å². The van der Waals surface area contributed by atoms with Crippen molar-refractivity contribution in [3.63, 3.8) is 0 Å². The Bertz CT molecular complexity index is 711. The van der Waals surface area contributed by atoms with E-state index >= 15 is 0 Å². The highest BCUT2D eigenvalue weighted by Gasteiger charge is 2.22. The van der Waals surface area contributed by atoms with E-state index in [0.29, 0.717) is 5.82 Å². The van der Waals surface area contributed by atoms with Gasteiger partial charge in [-0.05, 0) is 25.3 Å². The summed E-state index contributed by atoms with van der Waals surface area (Å²) in [7, 11) is 0. The third-order valence-electron chi connectivity index (χ3n) is 3.82. The number of carbonyl (C=O) groups excluding carboxylic acids is 1. The second kappa shape index (κ2) is 5.55. The summed E-state index contributed by atoms with van der Waals surface area (Å²) in [6.07, 6.45) is 2.05. The molecular weight excluding hydrogens is 270 g/mol. The summed E-state index contributed by atoms with van der Waals surface area (Å²) < 4.78 is 6.06. The van der Waals surface area contributed by atoms with E-state index in [0.717, 1.165) is 37.1 Å². The summed E-state index contributed by atoms with van der Waals surface area (Å²) in [5.41, 5.74) is 1.78. The third-order valence-corrected chi connectivity index (χ3v) is 3.82. The van der Waals surface area contributed by atoms with Crippen molar-refractivity contribution in [2.75, 3.05) is 13.1 Å². The van der Waals surface area contributed by atoms with Crippen LogP contribution in [0.4, 0.5) is 0 Å². The van der Waals surface area contributed by atoms with Crippen molar-refractivity contribution in [1.82, 2.24) is 14.6 Å². The van der Waals surface area contributed by atoms with Gasteiger partial charge in [-0.15, -0.1) is 0 Å². The van der Waals surface area contributed by atoms with Gasteiger partial charge >= 0.3 is 5.76 Å². The van der Waals surface area contributed by atoms with Crippen LogP contribution in [0.5, 0.6) is 0 Å². The first-order valence-electron chi connectivity index (χ1n) is 7.07. The van der Waals surface area contributed by atoms with Crippen molar-refractivity contribution in [1.29, 1.82) is 0 Å². The molecular formula is C15H17N3O3. The highest BCUT2D eigenvalue weighted by Crippen LogP contribution is 2.20. The fraction of sp³-hybridized carbons (Fsp3) is 0.400. The number of aryl methyl sites for hydroxylation is 1. The second-order valence-corrected chi connectivity index (χ2v) is 5.26. The zero-order chi connectivity index (χ0) is 14.8. The van der Waals surface area contributed by atoms with Gasteiger partial charge in [-0.3, -0.25) is 9.32 Å². The van der Waals surface area contributed by atoms with Crippen LogP contribution in [0.3, 0.4) is 0 Å². The number of nitrogens with zero attached hydrogens (tertiary/aromatic N) is 3. The topological polar surface area (TPSA) is 68.3 Å². The Hall–Kier alpha value is -2.37. The lowest BCUT2D eigenvalue weighted by Crippen LogP contribution is -2.33. The van der Waals surface area contributed by atoms with Gasteiger partial charge in [-0.2, -0.15) is 0 Å². The smallest absolute Gasteiger partial charge is 0.341 e. The predicted octanol–water partition coefficient (Wildman–Crippen LogP) is 1.43. The van der Waals surface area contributed by atoms with Crippen LogP contribution in [0.25, 0.3) is 11.4 Å². The zero-order valence-corrected chi connectivity index (χ0v) is 11.9. The Morgan fingerprint density at radius 1 is 1.29 bits per heavy atom. The Labute approximate surface area is 122 Å². The molecule has 0 spiro atoms. The van der Waals surface area contributed by atoms with Crippen molar-refractivity contribution in [3.05, 3.63) is 40.4 Å². The van der Waals surface area contributed by atoms with Gasteiger partial charge in [-0.1, -0.05) is 29.4 Å². The molecule has 1 saturated heterocycles. The predicted molar refractivity (Wildman–Crippen MR) is 76.8 cm³/mol. The number of aromatic nitrogens is 2. The summed E-state index contributed by atoms with van der Waals surface area (Å²) in [5, 5.41) is 3.83. The summed E-state index contributed by atoms with van der Waals surface area (Å²) in [4.78, 5) is 25.8. The highest BCUT2D eigenvalue weighted by molar-refractivity contribution is 5.77. The molecule has 0 atom stereocenters. The molecule has 0 bridgehead atoms. The van der Waals surface area contributed by atoms with E-state index in [1.54, 1.807) is 4.90 Å². The lowest BCUT2D eigenvalue weighted by Gasteiger charge is -2.15. The van der Waals surface area contributed by atoms with Crippen molar-refractivity contribution >= 4 is 5.91 Å². The van der Waals surface area contributed by atoms with E-state index < -0.39 is 5.76 Å². The minimum absolute atomic E-state index is 0.0218. The second-order valence-electron chi connectivity index (χ2n) is 5.26. The maximum atomic E-state index is 12.2. The number of hydrogen-bond donors (Lipinski definition) is 0. The SMILES string of the molecule is Cc1ccccc1-c1noc(=O)n1CC(=O)N1CCCC1. The van der Waals surface area contributed by atoms with Crippen LogP contribution < -0.4 is 5.76 Å². The van der Waals surface area contributed by atoms with Gasteiger partial charge in [0, 0.05) is 18.7 Å². The van der Waals surface area contributed by atoms with Crippen LogP contribution >= 0.6 is 0 Å². The van der Waals surface area contributed by atoms with Crippen molar-refractivity contribution in [2.24, 2.45) is 0 Å². The summed E-state index contributed by atoms with van der Waals surface area (Å²) in [5.74, 6) is -0.251. The minimum Gasteiger partial charge on any atom is -0.341 e. The quantitative estimate of drug-likeness (QED) is 0.856. The maximum absolute atomic E-state index is 12.2. The largest absolute Gasteiger partial charge is 0.442 e. The Morgan fingerprint density at radius 3 is 2.71 bits per heavy atom. The van der Waals surface area contributed by atoms with Gasteiger partial charge in [0.15, 0.2) is 5.82 Å². The van der Waals surface area contributed by atoms with Crippen LogP contribution in [-0.4, -0.2) is 33.6 Å². The van der Waals surface area contributed by atoms with Gasteiger partial charge in [0.1, 0.15) is 6.54 Å². The Balaban J connectivity index is 1.92.